The van der Waals surface area contributed by atoms with Gasteiger partial charge in [-0.1, -0.05) is 35.9 Å². The third-order valence-corrected chi connectivity index (χ3v) is 3.31. The average molecular weight is 252 g/mol. The quantitative estimate of drug-likeness (QED) is 0.768. The van der Waals surface area contributed by atoms with Gasteiger partial charge in [0.2, 0.25) is 0 Å². The molecule has 3 rings (SSSR count). The molecule has 96 valence electrons. The van der Waals surface area contributed by atoms with Gasteiger partial charge < -0.3 is 4.74 Å². The third-order valence-electron chi connectivity index (χ3n) is 3.31. The van der Waals surface area contributed by atoms with Crippen molar-refractivity contribution in [1.82, 2.24) is 0 Å². The minimum Gasteiger partial charge on any atom is -0.490 e. The second kappa shape index (κ2) is 4.88. The summed E-state index contributed by atoms with van der Waals surface area (Å²) in [6.07, 6.45) is 3.59. The highest BCUT2D eigenvalue weighted by Gasteiger charge is 2.23. The lowest BCUT2D eigenvalue weighted by Gasteiger charge is -2.09. The Labute approximate surface area is 113 Å². The van der Waals surface area contributed by atoms with Crippen LogP contribution >= 0.6 is 0 Å². The lowest BCUT2D eigenvalue weighted by Crippen LogP contribution is -1.96. The molecule has 0 aromatic heterocycles. The summed E-state index contributed by atoms with van der Waals surface area (Å²) in [6.45, 7) is 2.03. The monoisotopic (exact) mass is 252 g/mol. The van der Waals surface area contributed by atoms with E-state index in [-0.39, 0.29) is 0 Å². The Hall–Kier alpha value is -2.09. The zero-order valence-electron chi connectivity index (χ0n) is 10.9. The zero-order valence-corrected chi connectivity index (χ0v) is 10.9. The van der Waals surface area contributed by atoms with E-state index >= 15 is 0 Å². The molecule has 19 heavy (non-hydrogen) atoms. The molecule has 2 aromatic rings. The summed E-state index contributed by atoms with van der Waals surface area (Å²) in [5.41, 5.74) is 3.86. The first-order valence-corrected chi connectivity index (χ1v) is 6.59. The molecule has 1 saturated carbocycles. The first-order chi connectivity index (χ1) is 9.26. The summed E-state index contributed by atoms with van der Waals surface area (Å²) < 4.78 is 5.80. The first-order valence-electron chi connectivity index (χ1n) is 6.59. The molecule has 0 atom stereocenters. The van der Waals surface area contributed by atoms with Crippen molar-refractivity contribution in [3.63, 3.8) is 0 Å². The van der Waals surface area contributed by atoms with E-state index in [1.807, 2.05) is 49.4 Å². The van der Waals surface area contributed by atoms with Crippen molar-refractivity contribution in [2.75, 3.05) is 0 Å². The number of ether oxygens (including phenoxy) is 1. The maximum absolute atomic E-state index is 11.2. The van der Waals surface area contributed by atoms with E-state index in [4.69, 9.17) is 4.74 Å². The molecular weight excluding hydrogens is 236 g/mol. The molecule has 0 bridgehead atoms. The molecule has 0 radical (unpaired) electrons. The van der Waals surface area contributed by atoms with Crippen LogP contribution in [0.4, 0.5) is 0 Å². The number of carbonyl (C=O) groups excluding carboxylic acids is 1. The fraction of sp³-hybridized carbons (Fsp3) is 0.235. The fourth-order valence-electron chi connectivity index (χ4n) is 2.14. The van der Waals surface area contributed by atoms with Gasteiger partial charge in [0.05, 0.1) is 6.10 Å². The second-order valence-corrected chi connectivity index (χ2v) is 5.05. The number of aldehydes is 1. The molecular formula is C17H16O2. The summed E-state index contributed by atoms with van der Waals surface area (Å²) in [4.78, 5) is 11.2. The topological polar surface area (TPSA) is 26.3 Å². The Morgan fingerprint density at radius 3 is 2.74 bits per heavy atom. The van der Waals surface area contributed by atoms with Crippen molar-refractivity contribution in [1.29, 1.82) is 0 Å². The highest BCUT2D eigenvalue weighted by Crippen LogP contribution is 2.31. The smallest absolute Gasteiger partial charge is 0.150 e. The van der Waals surface area contributed by atoms with Crippen LogP contribution in [0.2, 0.25) is 0 Å². The number of rotatable bonds is 4. The summed E-state index contributed by atoms with van der Waals surface area (Å²) >= 11 is 0. The van der Waals surface area contributed by atoms with Gasteiger partial charge in [0.25, 0.3) is 0 Å². The summed E-state index contributed by atoms with van der Waals surface area (Å²) in [6, 6.07) is 13.8. The molecule has 0 unspecified atom stereocenters. The predicted molar refractivity (Wildman–Crippen MR) is 75.7 cm³/mol. The van der Waals surface area contributed by atoms with Crippen molar-refractivity contribution in [3.8, 4) is 16.9 Å². The van der Waals surface area contributed by atoms with Gasteiger partial charge in [-0.25, -0.2) is 0 Å². The van der Waals surface area contributed by atoms with E-state index in [0.29, 0.717) is 11.7 Å². The number of hydrogen-bond acceptors (Lipinski definition) is 2. The van der Waals surface area contributed by atoms with E-state index in [9.17, 15) is 4.79 Å². The van der Waals surface area contributed by atoms with Gasteiger partial charge >= 0.3 is 0 Å². The lowest BCUT2D eigenvalue weighted by molar-refractivity contribution is 0.112. The Morgan fingerprint density at radius 1 is 1.16 bits per heavy atom. The molecule has 2 aromatic carbocycles. The van der Waals surface area contributed by atoms with E-state index in [1.54, 1.807) is 0 Å². The normalized spacial score (nSPS) is 14.2. The Kier molecular flexibility index (Phi) is 3.08. The largest absolute Gasteiger partial charge is 0.490 e. The van der Waals surface area contributed by atoms with Crippen molar-refractivity contribution >= 4 is 6.29 Å². The maximum atomic E-state index is 11.2. The SMILES string of the molecule is Cc1ccc(C=O)c(-c2cccc(OC3CC3)c2)c1. The van der Waals surface area contributed by atoms with Gasteiger partial charge in [0.1, 0.15) is 5.75 Å². The van der Waals surface area contributed by atoms with Gasteiger partial charge in [0, 0.05) is 5.56 Å². The third kappa shape index (κ3) is 2.68. The first kappa shape index (κ1) is 12.0. The van der Waals surface area contributed by atoms with Crippen LogP contribution in [0.1, 0.15) is 28.8 Å². The van der Waals surface area contributed by atoms with E-state index in [1.165, 1.54) is 0 Å². The molecule has 2 nitrogen and oxygen atoms in total. The van der Waals surface area contributed by atoms with Gasteiger partial charge in [-0.05, 0) is 43.0 Å². The molecule has 0 spiro atoms. The van der Waals surface area contributed by atoms with Crippen LogP contribution in [0, 0.1) is 6.92 Å². The van der Waals surface area contributed by atoms with Crippen molar-refractivity contribution in [2.45, 2.75) is 25.9 Å². The van der Waals surface area contributed by atoms with Crippen LogP contribution in [0.5, 0.6) is 5.75 Å². The molecule has 1 fully saturated rings. The molecule has 0 amide bonds. The van der Waals surface area contributed by atoms with Crippen LogP contribution in [0.25, 0.3) is 11.1 Å². The minimum absolute atomic E-state index is 0.387. The van der Waals surface area contributed by atoms with Crippen LogP contribution < -0.4 is 4.74 Å². The molecule has 1 aliphatic rings. The van der Waals surface area contributed by atoms with Crippen molar-refractivity contribution in [2.24, 2.45) is 0 Å². The molecule has 0 N–H and O–H groups in total. The number of hydrogen-bond donors (Lipinski definition) is 0. The average Bonchev–Trinajstić information content (AvgIpc) is 3.23. The molecule has 2 heteroatoms. The van der Waals surface area contributed by atoms with Gasteiger partial charge in [0.15, 0.2) is 6.29 Å². The van der Waals surface area contributed by atoms with Crippen LogP contribution in [0.3, 0.4) is 0 Å². The minimum atomic E-state index is 0.387. The van der Waals surface area contributed by atoms with Crippen LogP contribution in [-0.2, 0) is 0 Å². The zero-order chi connectivity index (χ0) is 13.2. The lowest BCUT2D eigenvalue weighted by atomic mass is 9.98. The van der Waals surface area contributed by atoms with Gasteiger partial charge in [-0.3, -0.25) is 4.79 Å². The summed E-state index contributed by atoms with van der Waals surface area (Å²) in [5.74, 6) is 0.887. The Morgan fingerprint density at radius 2 is 2.00 bits per heavy atom. The highest BCUT2D eigenvalue weighted by molar-refractivity contribution is 5.88. The molecule has 1 aliphatic carbocycles. The number of aryl methyl sites for hydroxylation is 1. The highest BCUT2D eigenvalue weighted by atomic mass is 16.5. The number of benzene rings is 2. The van der Waals surface area contributed by atoms with Crippen LogP contribution in [0.15, 0.2) is 42.5 Å². The number of carbonyl (C=O) groups is 1. The Bertz CT molecular complexity index is 612. The standard InChI is InChI=1S/C17H16O2/c1-12-5-6-14(11-18)17(9-12)13-3-2-4-16(10-13)19-15-7-8-15/h2-6,9-11,15H,7-8H2,1H3. The van der Waals surface area contributed by atoms with Crippen LogP contribution in [-0.4, -0.2) is 12.4 Å². The van der Waals surface area contributed by atoms with E-state index in [0.717, 1.165) is 41.6 Å². The fourth-order valence-corrected chi connectivity index (χ4v) is 2.14. The van der Waals surface area contributed by atoms with Gasteiger partial charge in [-0.2, -0.15) is 0 Å². The predicted octanol–water partition coefficient (Wildman–Crippen LogP) is 4.02. The van der Waals surface area contributed by atoms with E-state index < -0.39 is 0 Å². The summed E-state index contributed by atoms with van der Waals surface area (Å²) in [5, 5.41) is 0. The van der Waals surface area contributed by atoms with Gasteiger partial charge in [-0.15, -0.1) is 0 Å². The molecule has 0 saturated heterocycles. The Balaban J connectivity index is 2.00. The van der Waals surface area contributed by atoms with E-state index in [2.05, 4.69) is 0 Å². The molecule has 0 aliphatic heterocycles. The summed E-state index contributed by atoms with van der Waals surface area (Å²) in [7, 11) is 0. The maximum Gasteiger partial charge on any atom is 0.150 e. The van der Waals surface area contributed by atoms with Crippen molar-refractivity contribution < 1.29 is 9.53 Å². The van der Waals surface area contributed by atoms with Crippen molar-refractivity contribution in [3.05, 3.63) is 53.6 Å². The molecule has 0 heterocycles. The second-order valence-electron chi connectivity index (χ2n) is 5.05.